The van der Waals surface area contributed by atoms with Crippen LogP contribution in [-0.2, 0) is 15.1 Å². The van der Waals surface area contributed by atoms with Crippen molar-refractivity contribution in [2.75, 3.05) is 13.2 Å². The first-order valence-corrected chi connectivity index (χ1v) is 5.80. The molecule has 0 aliphatic heterocycles. The van der Waals surface area contributed by atoms with E-state index in [9.17, 15) is 9.90 Å². The van der Waals surface area contributed by atoms with Crippen molar-refractivity contribution in [1.29, 1.82) is 0 Å². The largest absolute Gasteiger partial charge is 0.479 e. The fourth-order valence-corrected chi connectivity index (χ4v) is 1.63. The summed E-state index contributed by atoms with van der Waals surface area (Å²) < 4.78 is 5.54. The Morgan fingerprint density at radius 2 is 2.06 bits per heavy atom. The number of hydrogen-bond donors (Lipinski definition) is 2. The Morgan fingerprint density at radius 1 is 1.41 bits per heavy atom. The maximum absolute atomic E-state index is 11.4. The summed E-state index contributed by atoms with van der Waals surface area (Å²) in [6.07, 6.45) is 1.77. The van der Waals surface area contributed by atoms with Gasteiger partial charge in [0.05, 0.1) is 0 Å². The highest BCUT2D eigenvalue weighted by molar-refractivity contribution is 5.79. The van der Waals surface area contributed by atoms with E-state index >= 15 is 0 Å². The monoisotopic (exact) mass is 237 g/mol. The third kappa shape index (κ3) is 3.05. The van der Waals surface area contributed by atoms with Crippen molar-refractivity contribution in [2.24, 2.45) is 5.73 Å². The zero-order valence-electron chi connectivity index (χ0n) is 10.1. The molecule has 0 fully saturated rings. The van der Waals surface area contributed by atoms with E-state index in [0.717, 1.165) is 12.8 Å². The van der Waals surface area contributed by atoms with E-state index in [1.165, 1.54) is 0 Å². The van der Waals surface area contributed by atoms with Gasteiger partial charge in [-0.2, -0.15) is 0 Å². The quantitative estimate of drug-likeness (QED) is 0.708. The third-order valence-corrected chi connectivity index (χ3v) is 2.72. The van der Waals surface area contributed by atoms with Gasteiger partial charge >= 0.3 is 5.97 Å². The van der Waals surface area contributed by atoms with Crippen LogP contribution in [0.15, 0.2) is 30.3 Å². The number of benzene rings is 1. The number of rotatable bonds is 7. The van der Waals surface area contributed by atoms with Crippen molar-refractivity contribution >= 4 is 5.97 Å². The molecule has 0 spiro atoms. The van der Waals surface area contributed by atoms with Crippen molar-refractivity contribution in [2.45, 2.75) is 25.4 Å². The molecule has 1 aromatic carbocycles. The average Bonchev–Trinajstić information content (AvgIpc) is 2.36. The molecule has 4 heteroatoms. The van der Waals surface area contributed by atoms with Crippen LogP contribution in [0.2, 0.25) is 0 Å². The highest BCUT2D eigenvalue weighted by Gasteiger charge is 2.40. The Balaban J connectivity index is 2.97. The predicted molar refractivity (Wildman–Crippen MR) is 65.7 cm³/mol. The minimum atomic E-state index is -1.42. The predicted octanol–water partition coefficient (Wildman–Crippen LogP) is 1.74. The van der Waals surface area contributed by atoms with Gasteiger partial charge in [-0.05, 0) is 12.0 Å². The Morgan fingerprint density at radius 3 is 2.53 bits per heavy atom. The Hall–Kier alpha value is -1.39. The molecule has 1 unspecified atom stereocenters. The number of carboxylic acid groups (broad SMARTS) is 1. The van der Waals surface area contributed by atoms with E-state index in [-0.39, 0.29) is 6.54 Å². The van der Waals surface area contributed by atoms with E-state index < -0.39 is 11.6 Å². The SMILES string of the molecule is CCCCOC(CN)(C(=O)O)c1ccccc1. The lowest BCUT2D eigenvalue weighted by Gasteiger charge is -2.28. The van der Waals surface area contributed by atoms with Gasteiger partial charge < -0.3 is 15.6 Å². The van der Waals surface area contributed by atoms with Crippen molar-refractivity contribution in [3.63, 3.8) is 0 Å². The van der Waals surface area contributed by atoms with Crippen LogP contribution in [-0.4, -0.2) is 24.2 Å². The number of carboxylic acids is 1. The molecule has 0 saturated heterocycles. The van der Waals surface area contributed by atoms with Crippen molar-refractivity contribution in [1.82, 2.24) is 0 Å². The molecule has 1 rings (SSSR count). The third-order valence-electron chi connectivity index (χ3n) is 2.72. The zero-order chi connectivity index (χ0) is 12.7. The van der Waals surface area contributed by atoms with Crippen molar-refractivity contribution in [3.05, 3.63) is 35.9 Å². The molecule has 0 aliphatic carbocycles. The summed E-state index contributed by atoms with van der Waals surface area (Å²) in [5.74, 6) is -1.04. The second kappa shape index (κ2) is 6.37. The topological polar surface area (TPSA) is 72.5 Å². The van der Waals surface area contributed by atoms with Crippen LogP contribution in [0.25, 0.3) is 0 Å². The van der Waals surface area contributed by atoms with Crippen LogP contribution in [0.1, 0.15) is 25.3 Å². The number of ether oxygens (including phenoxy) is 1. The molecule has 0 heterocycles. The normalized spacial score (nSPS) is 14.2. The molecular formula is C13H19NO3. The van der Waals surface area contributed by atoms with Gasteiger partial charge in [0.2, 0.25) is 5.60 Å². The summed E-state index contributed by atoms with van der Waals surface area (Å²) in [6.45, 7) is 2.35. The van der Waals surface area contributed by atoms with Crippen LogP contribution in [0.4, 0.5) is 0 Å². The Kier molecular flexibility index (Phi) is 5.12. The molecule has 3 N–H and O–H groups in total. The van der Waals surface area contributed by atoms with E-state index in [1.54, 1.807) is 24.3 Å². The van der Waals surface area contributed by atoms with Crippen molar-refractivity contribution in [3.8, 4) is 0 Å². The lowest BCUT2D eigenvalue weighted by molar-refractivity contribution is -0.166. The van der Waals surface area contributed by atoms with Gasteiger partial charge in [-0.25, -0.2) is 4.79 Å². The van der Waals surface area contributed by atoms with Crippen LogP contribution in [0.3, 0.4) is 0 Å². The second-order valence-corrected chi connectivity index (χ2v) is 3.90. The fraction of sp³-hybridized carbons (Fsp3) is 0.462. The molecular weight excluding hydrogens is 218 g/mol. The smallest absolute Gasteiger partial charge is 0.342 e. The molecule has 0 amide bonds. The molecule has 4 nitrogen and oxygen atoms in total. The first-order valence-electron chi connectivity index (χ1n) is 5.80. The van der Waals surface area contributed by atoms with Crippen LogP contribution in [0.5, 0.6) is 0 Å². The van der Waals surface area contributed by atoms with Gasteiger partial charge in [-0.3, -0.25) is 0 Å². The molecule has 0 aliphatic rings. The Bertz CT molecular complexity index is 353. The molecule has 1 aromatic rings. The zero-order valence-corrected chi connectivity index (χ0v) is 10.1. The summed E-state index contributed by atoms with van der Waals surface area (Å²) in [5, 5.41) is 9.37. The molecule has 1 atom stereocenters. The molecule has 0 radical (unpaired) electrons. The average molecular weight is 237 g/mol. The molecule has 0 saturated carbocycles. The van der Waals surface area contributed by atoms with Crippen LogP contribution in [0, 0.1) is 0 Å². The van der Waals surface area contributed by atoms with E-state index in [2.05, 4.69) is 0 Å². The van der Waals surface area contributed by atoms with E-state index in [1.807, 2.05) is 13.0 Å². The van der Waals surface area contributed by atoms with Gasteiger partial charge in [0, 0.05) is 13.2 Å². The summed E-state index contributed by atoms with van der Waals surface area (Å²) in [4.78, 5) is 11.4. The maximum atomic E-state index is 11.4. The lowest BCUT2D eigenvalue weighted by atomic mass is 9.93. The molecule has 0 bridgehead atoms. The Labute approximate surface area is 101 Å². The van der Waals surface area contributed by atoms with Gasteiger partial charge in [-0.15, -0.1) is 0 Å². The maximum Gasteiger partial charge on any atom is 0.342 e. The van der Waals surface area contributed by atoms with E-state index in [4.69, 9.17) is 10.5 Å². The number of unbranched alkanes of at least 4 members (excludes halogenated alkanes) is 1. The van der Waals surface area contributed by atoms with Gasteiger partial charge in [-0.1, -0.05) is 43.7 Å². The lowest BCUT2D eigenvalue weighted by Crippen LogP contribution is -2.45. The second-order valence-electron chi connectivity index (χ2n) is 3.90. The summed E-state index contributed by atoms with van der Waals surface area (Å²) in [7, 11) is 0. The van der Waals surface area contributed by atoms with Gasteiger partial charge in [0.1, 0.15) is 0 Å². The van der Waals surface area contributed by atoms with Gasteiger partial charge in [0.25, 0.3) is 0 Å². The first-order chi connectivity index (χ1) is 8.17. The molecule has 94 valence electrons. The molecule has 17 heavy (non-hydrogen) atoms. The number of hydrogen-bond acceptors (Lipinski definition) is 3. The summed E-state index contributed by atoms with van der Waals surface area (Å²) in [6, 6.07) is 8.86. The fourth-order valence-electron chi connectivity index (χ4n) is 1.63. The summed E-state index contributed by atoms with van der Waals surface area (Å²) >= 11 is 0. The highest BCUT2D eigenvalue weighted by Crippen LogP contribution is 2.25. The minimum Gasteiger partial charge on any atom is -0.479 e. The number of nitrogens with two attached hydrogens (primary N) is 1. The first kappa shape index (κ1) is 13.7. The van der Waals surface area contributed by atoms with Crippen LogP contribution >= 0.6 is 0 Å². The van der Waals surface area contributed by atoms with Crippen molar-refractivity contribution < 1.29 is 14.6 Å². The highest BCUT2D eigenvalue weighted by atomic mass is 16.5. The number of carbonyl (C=O) groups is 1. The standard InChI is InChI=1S/C13H19NO3/c1-2-3-9-17-13(10-14,12(15)16)11-7-5-4-6-8-11/h4-8H,2-3,9-10,14H2,1H3,(H,15,16). The van der Waals surface area contributed by atoms with E-state index in [0.29, 0.717) is 12.2 Å². The van der Waals surface area contributed by atoms with Crippen LogP contribution < -0.4 is 5.73 Å². The minimum absolute atomic E-state index is 0.0734. The van der Waals surface area contributed by atoms with Gasteiger partial charge in [0.15, 0.2) is 0 Å². The summed E-state index contributed by atoms with van der Waals surface area (Å²) in [5.41, 5.74) is 4.79. The number of aliphatic carboxylic acids is 1. The molecule has 0 aromatic heterocycles.